The lowest BCUT2D eigenvalue weighted by Crippen LogP contribution is -2.34. The van der Waals surface area contributed by atoms with Crippen LogP contribution < -0.4 is 20.7 Å². The van der Waals surface area contributed by atoms with E-state index in [9.17, 15) is 9.59 Å². The third-order valence-electron chi connectivity index (χ3n) is 4.38. The molecule has 1 fully saturated rings. The van der Waals surface area contributed by atoms with Crippen molar-refractivity contribution in [2.24, 2.45) is 5.92 Å². The fourth-order valence-corrected chi connectivity index (χ4v) is 2.62. The van der Waals surface area contributed by atoms with Gasteiger partial charge in [-0.05, 0) is 74.6 Å². The second-order valence-electron chi connectivity index (χ2n) is 7.41. The molecule has 3 amide bonds. The number of anilines is 1. The molecule has 0 spiro atoms. The predicted octanol–water partition coefficient (Wildman–Crippen LogP) is 3.94. The monoisotopic (exact) mass is 381 g/mol. The minimum Gasteiger partial charge on any atom is -0.493 e. The molecule has 1 saturated carbocycles. The molecule has 1 aliphatic carbocycles. The number of benzene rings is 2. The van der Waals surface area contributed by atoms with Crippen LogP contribution >= 0.6 is 0 Å². The van der Waals surface area contributed by atoms with Crippen LogP contribution in [0.15, 0.2) is 48.5 Å². The number of hydrogen-bond acceptors (Lipinski definition) is 3. The van der Waals surface area contributed by atoms with Crippen molar-refractivity contribution in [1.29, 1.82) is 0 Å². The van der Waals surface area contributed by atoms with E-state index >= 15 is 0 Å². The van der Waals surface area contributed by atoms with E-state index in [0.717, 1.165) is 17.9 Å². The highest BCUT2D eigenvalue weighted by Crippen LogP contribution is 2.29. The van der Waals surface area contributed by atoms with E-state index in [1.54, 1.807) is 12.1 Å². The average molecular weight is 381 g/mol. The van der Waals surface area contributed by atoms with Gasteiger partial charge in [0, 0.05) is 23.8 Å². The number of carbonyl (C=O) groups excluding carboxylic acids is 2. The molecule has 148 valence electrons. The van der Waals surface area contributed by atoms with E-state index in [2.05, 4.69) is 16.0 Å². The van der Waals surface area contributed by atoms with Gasteiger partial charge in [0.1, 0.15) is 5.75 Å². The summed E-state index contributed by atoms with van der Waals surface area (Å²) >= 11 is 0. The van der Waals surface area contributed by atoms with Gasteiger partial charge in [0.25, 0.3) is 5.91 Å². The topological polar surface area (TPSA) is 79.5 Å². The minimum atomic E-state index is -0.236. The van der Waals surface area contributed by atoms with E-state index in [0.29, 0.717) is 23.7 Å². The van der Waals surface area contributed by atoms with E-state index in [-0.39, 0.29) is 18.0 Å². The first-order valence-electron chi connectivity index (χ1n) is 9.67. The lowest BCUT2D eigenvalue weighted by atomic mass is 10.1. The molecule has 0 bridgehead atoms. The summed E-state index contributed by atoms with van der Waals surface area (Å²) in [7, 11) is 0. The first-order valence-corrected chi connectivity index (χ1v) is 9.67. The van der Waals surface area contributed by atoms with Crippen molar-refractivity contribution in [2.45, 2.75) is 39.3 Å². The quantitative estimate of drug-likeness (QED) is 0.648. The van der Waals surface area contributed by atoms with Crippen molar-refractivity contribution in [1.82, 2.24) is 10.6 Å². The number of rotatable bonds is 8. The molecule has 0 saturated heterocycles. The largest absolute Gasteiger partial charge is 0.493 e. The summed E-state index contributed by atoms with van der Waals surface area (Å²) in [6.07, 6.45) is 2.51. The Balaban J connectivity index is 1.45. The van der Waals surface area contributed by atoms with Crippen molar-refractivity contribution < 1.29 is 14.3 Å². The van der Waals surface area contributed by atoms with Gasteiger partial charge in [0.05, 0.1) is 6.61 Å². The third-order valence-corrected chi connectivity index (χ3v) is 4.38. The van der Waals surface area contributed by atoms with Gasteiger partial charge >= 0.3 is 6.03 Å². The van der Waals surface area contributed by atoms with Gasteiger partial charge in [0.2, 0.25) is 0 Å². The fraction of sp³-hybridized carbons (Fsp3) is 0.364. The smallest absolute Gasteiger partial charge is 0.319 e. The molecule has 0 aliphatic heterocycles. The van der Waals surface area contributed by atoms with Gasteiger partial charge in [-0.25, -0.2) is 4.79 Å². The predicted molar refractivity (Wildman–Crippen MR) is 110 cm³/mol. The summed E-state index contributed by atoms with van der Waals surface area (Å²) in [5.41, 5.74) is 2.25. The molecule has 0 unspecified atom stereocenters. The van der Waals surface area contributed by atoms with Crippen LogP contribution in [0.2, 0.25) is 0 Å². The standard InChI is InChI=1S/C22H27N3O3/c1-15(2)24-22(27)25-19-9-5-16(6-10-19)13-23-21(26)18-7-11-20(12-8-18)28-14-17-3-4-17/h5-12,15,17H,3-4,13-14H2,1-2H3,(H,23,26)(H2,24,25,27). The zero-order valence-electron chi connectivity index (χ0n) is 16.3. The maximum absolute atomic E-state index is 12.3. The maximum atomic E-state index is 12.3. The van der Waals surface area contributed by atoms with Gasteiger partial charge < -0.3 is 20.7 Å². The Labute approximate surface area is 165 Å². The molecule has 0 atom stereocenters. The van der Waals surface area contributed by atoms with Crippen molar-refractivity contribution in [2.75, 3.05) is 11.9 Å². The highest BCUT2D eigenvalue weighted by atomic mass is 16.5. The van der Waals surface area contributed by atoms with Crippen LogP contribution in [-0.2, 0) is 6.54 Å². The van der Waals surface area contributed by atoms with Crippen molar-refractivity contribution in [3.63, 3.8) is 0 Å². The summed E-state index contributed by atoms with van der Waals surface area (Å²) in [5, 5.41) is 8.44. The van der Waals surface area contributed by atoms with Gasteiger partial charge in [-0.2, -0.15) is 0 Å². The number of amides is 3. The zero-order valence-corrected chi connectivity index (χ0v) is 16.3. The fourth-order valence-electron chi connectivity index (χ4n) is 2.62. The highest BCUT2D eigenvalue weighted by molar-refractivity contribution is 5.94. The molecule has 0 radical (unpaired) electrons. The Morgan fingerprint density at radius 3 is 2.32 bits per heavy atom. The van der Waals surface area contributed by atoms with Gasteiger partial charge in [-0.1, -0.05) is 12.1 Å². The van der Waals surface area contributed by atoms with Gasteiger partial charge in [0.15, 0.2) is 0 Å². The highest BCUT2D eigenvalue weighted by Gasteiger charge is 2.21. The lowest BCUT2D eigenvalue weighted by Gasteiger charge is -2.11. The zero-order chi connectivity index (χ0) is 19.9. The first kappa shape index (κ1) is 19.7. The van der Waals surface area contributed by atoms with Crippen molar-refractivity contribution >= 4 is 17.6 Å². The summed E-state index contributed by atoms with van der Waals surface area (Å²) in [6, 6.07) is 14.4. The molecule has 3 N–H and O–H groups in total. The number of hydrogen-bond donors (Lipinski definition) is 3. The molecule has 1 aliphatic rings. The van der Waals surface area contributed by atoms with Crippen LogP contribution in [0, 0.1) is 5.92 Å². The van der Waals surface area contributed by atoms with E-state index < -0.39 is 0 Å². The molecule has 28 heavy (non-hydrogen) atoms. The Morgan fingerprint density at radius 1 is 1.04 bits per heavy atom. The lowest BCUT2D eigenvalue weighted by molar-refractivity contribution is 0.0951. The van der Waals surface area contributed by atoms with E-state index in [1.807, 2.05) is 50.2 Å². The molecular formula is C22H27N3O3. The van der Waals surface area contributed by atoms with Crippen LogP contribution in [0.1, 0.15) is 42.6 Å². The molecule has 2 aromatic carbocycles. The third kappa shape index (κ3) is 6.30. The van der Waals surface area contributed by atoms with Crippen molar-refractivity contribution in [3.8, 4) is 5.75 Å². The number of ether oxygens (including phenoxy) is 1. The SMILES string of the molecule is CC(C)NC(=O)Nc1ccc(CNC(=O)c2ccc(OCC3CC3)cc2)cc1. The summed E-state index contributed by atoms with van der Waals surface area (Å²) in [6.45, 7) is 4.98. The summed E-state index contributed by atoms with van der Waals surface area (Å²) in [4.78, 5) is 24.0. The Kier molecular flexibility index (Phi) is 6.53. The van der Waals surface area contributed by atoms with Crippen LogP contribution in [0.4, 0.5) is 10.5 Å². The Morgan fingerprint density at radius 2 is 1.71 bits per heavy atom. The van der Waals surface area contributed by atoms with Crippen molar-refractivity contribution in [3.05, 3.63) is 59.7 Å². The van der Waals surface area contributed by atoms with Gasteiger partial charge in [-0.3, -0.25) is 4.79 Å². The summed E-state index contributed by atoms with van der Waals surface area (Å²) < 4.78 is 5.69. The average Bonchev–Trinajstić information content (AvgIpc) is 3.50. The second kappa shape index (κ2) is 9.26. The van der Waals surface area contributed by atoms with Crippen LogP contribution in [0.5, 0.6) is 5.75 Å². The molecular weight excluding hydrogens is 354 g/mol. The Bertz CT molecular complexity index is 797. The van der Waals surface area contributed by atoms with Crippen LogP contribution in [0.3, 0.4) is 0 Å². The van der Waals surface area contributed by atoms with Crippen LogP contribution in [-0.4, -0.2) is 24.6 Å². The molecule has 6 heteroatoms. The summed E-state index contributed by atoms with van der Waals surface area (Å²) in [5.74, 6) is 1.37. The number of nitrogens with one attached hydrogen (secondary N) is 3. The molecule has 0 aromatic heterocycles. The number of urea groups is 1. The molecule has 6 nitrogen and oxygen atoms in total. The normalized spacial score (nSPS) is 13.1. The van der Waals surface area contributed by atoms with Gasteiger partial charge in [-0.15, -0.1) is 0 Å². The molecule has 2 aromatic rings. The number of carbonyl (C=O) groups is 2. The molecule has 3 rings (SSSR count). The first-order chi connectivity index (χ1) is 13.5. The second-order valence-corrected chi connectivity index (χ2v) is 7.41. The minimum absolute atomic E-state index is 0.0771. The van der Waals surface area contributed by atoms with E-state index in [1.165, 1.54) is 12.8 Å². The van der Waals surface area contributed by atoms with E-state index in [4.69, 9.17) is 4.74 Å². The molecule has 0 heterocycles. The van der Waals surface area contributed by atoms with Crippen LogP contribution in [0.25, 0.3) is 0 Å². The maximum Gasteiger partial charge on any atom is 0.319 e. The Hall–Kier alpha value is -3.02.